The van der Waals surface area contributed by atoms with Crippen molar-refractivity contribution in [3.8, 4) is 5.75 Å². The second-order valence-corrected chi connectivity index (χ2v) is 15.8. The number of rotatable bonds is 23. The summed E-state index contributed by atoms with van der Waals surface area (Å²) < 4.78 is 5.74. The highest BCUT2D eigenvalue weighted by molar-refractivity contribution is 7.09. The smallest absolute Gasteiger partial charge is 0.306 e. The first kappa shape index (κ1) is 45.9. The molecule has 0 aliphatic rings. The molecule has 0 radical (unpaired) electrons. The zero-order valence-corrected chi connectivity index (χ0v) is 34.2. The van der Waals surface area contributed by atoms with Crippen molar-refractivity contribution in [1.82, 2.24) is 25.4 Å². The number of thiazole rings is 1. The molecule has 6 atom stereocenters. The number of hydrogen-bond donors (Lipinski definition) is 5. The van der Waals surface area contributed by atoms with Crippen molar-refractivity contribution in [3.63, 3.8) is 0 Å². The van der Waals surface area contributed by atoms with Gasteiger partial charge in [-0.05, 0) is 75.9 Å². The van der Waals surface area contributed by atoms with E-state index in [0.717, 1.165) is 37.1 Å². The number of anilines is 1. The van der Waals surface area contributed by atoms with Gasteiger partial charge in [-0.1, -0.05) is 53.5 Å². The number of amides is 3. The van der Waals surface area contributed by atoms with E-state index in [2.05, 4.69) is 20.5 Å². The molecule has 0 aliphatic heterocycles. The van der Waals surface area contributed by atoms with Crippen LogP contribution < -0.4 is 16.4 Å². The van der Waals surface area contributed by atoms with Gasteiger partial charge in [0, 0.05) is 44.3 Å². The Morgan fingerprint density at radius 2 is 1.69 bits per heavy atom. The van der Waals surface area contributed by atoms with Crippen molar-refractivity contribution in [3.05, 3.63) is 39.8 Å². The van der Waals surface area contributed by atoms with Crippen molar-refractivity contribution in [2.45, 2.75) is 117 Å². The number of phenols is 1. The lowest BCUT2D eigenvalue weighted by atomic mass is 9.93. The molecule has 1 heterocycles. The van der Waals surface area contributed by atoms with Crippen molar-refractivity contribution >= 4 is 46.7 Å². The number of carbonyl (C=O) groups is 5. The maximum atomic E-state index is 14.1. The molecule has 0 saturated heterocycles. The number of unbranched alkanes of at least 4 members (excludes halogenated alkanes) is 2. The number of nitrogen functional groups attached to an aromatic ring is 1. The van der Waals surface area contributed by atoms with E-state index in [1.165, 1.54) is 13.0 Å². The first-order chi connectivity index (χ1) is 25.3. The van der Waals surface area contributed by atoms with Crippen molar-refractivity contribution in [2.24, 2.45) is 17.8 Å². The first-order valence-corrected chi connectivity index (χ1v) is 19.7. The van der Waals surface area contributed by atoms with Gasteiger partial charge in [-0.3, -0.25) is 24.0 Å². The fourth-order valence-electron chi connectivity index (χ4n) is 6.23. The van der Waals surface area contributed by atoms with E-state index in [1.807, 2.05) is 41.8 Å². The predicted molar refractivity (Wildman–Crippen MR) is 210 cm³/mol. The number of nitrogens with two attached hydrogens (primary N) is 1. The van der Waals surface area contributed by atoms with Gasteiger partial charge < -0.3 is 41.1 Å². The van der Waals surface area contributed by atoms with Gasteiger partial charge in [0.25, 0.3) is 5.91 Å². The summed E-state index contributed by atoms with van der Waals surface area (Å²) in [6.45, 7) is 11.6. The summed E-state index contributed by atoms with van der Waals surface area (Å²) in [7, 11) is 5.73. The number of phenolic OH excluding ortho intramolecular Hbond substituents is 1. The number of ether oxygens (including phenoxy) is 1. The van der Waals surface area contributed by atoms with Crippen LogP contribution in [0, 0.1) is 17.8 Å². The van der Waals surface area contributed by atoms with Crippen LogP contribution in [0.4, 0.5) is 5.69 Å². The Hall–Kier alpha value is -4.24. The number of likely N-dealkylation sites (N-methyl/N-ethyl adjacent to an activating group) is 1. The number of carboxylic acids is 1. The Labute approximate surface area is 324 Å². The van der Waals surface area contributed by atoms with Gasteiger partial charge in [0.1, 0.15) is 22.5 Å². The number of nitrogens with one attached hydrogen (secondary N) is 2. The molecule has 6 N–H and O–H groups in total. The van der Waals surface area contributed by atoms with Crippen LogP contribution in [-0.4, -0.2) is 100 Å². The average Bonchev–Trinajstić information content (AvgIpc) is 3.59. The van der Waals surface area contributed by atoms with Gasteiger partial charge in [-0.15, -0.1) is 11.3 Å². The molecular formula is C39H62N6O8S. The van der Waals surface area contributed by atoms with Gasteiger partial charge in [0.15, 0.2) is 6.10 Å². The SMILES string of the molecule is CC[C@H](C)[C@H](NC(=O)CCCCCN(C)C)C(=O)N(C)[C@H](C[C@@H](OC(C)=O)c1nc(C(=O)N[C@@H](Cc2ccc(O)c(N)c2)CC(C)C(=O)O)cs1)C(C)C. The average molecular weight is 775 g/mol. The second kappa shape index (κ2) is 22.2. The topological polar surface area (TPSA) is 204 Å². The molecule has 302 valence electrons. The summed E-state index contributed by atoms with van der Waals surface area (Å²) in [5.74, 6) is -3.53. The number of hydrogen-bond acceptors (Lipinski definition) is 11. The molecule has 1 aromatic carbocycles. The van der Waals surface area contributed by atoms with Crippen LogP contribution in [0.1, 0.15) is 114 Å². The fourth-order valence-corrected chi connectivity index (χ4v) is 7.07. The lowest BCUT2D eigenvalue weighted by Gasteiger charge is -2.37. The fraction of sp³-hybridized carbons (Fsp3) is 0.641. The summed E-state index contributed by atoms with van der Waals surface area (Å²) in [5, 5.41) is 27.2. The second-order valence-electron chi connectivity index (χ2n) is 15.0. The number of carbonyl (C=O) groups excluding carboxylic acids is 4. The molecule has 2 aromatic rings. The van der Waals surface area contributed by atoms with E-state index in [-0.39, 0.29) is 60.0 Å². The molecule has 2 rings (SSSR count). The number of aliphatic carboxylic acids is 1. The van der Waals surface area contributed by atoms with Crippen LogP contribution in [0.3, 0.4) is 0 Å². The molecular weight excluding hydrogens is 713 g/mol. The number of carboxylic acid groups (broad SMARTS) is 1. The molecule has 3 amide bonds. The number of esters is 1. The van der Waals surface area contributed by atoms with E-state index < -0.39 is 48.0 Å². The van der Waals surface area contributed by atoms with Gasteiger partial charge >= 0.3 is 11.9 Å². The number of nitrogens with zero attached hydrogens (tertiary/aromatic N) is 3. The highest BCUT2D eigenvalue weighted by atomic mass is 32.1. The number of benzene rings is 1. The maximum absolute atomic E-state index is 14.1. The van der Waals surface area contributed by atoms with E-state index in [4.69, 9.17) is 10.5 Å². The summed E-state index contributed by atoms with van der Waals surface area (Å²) >= 11 is 1.14. The molecule has 15 heteroatoms. The Morgan fingerprint density at radius 3 is 2.26 bits per heavy atom. The highest BCUT2D eigenvalue weighted by Crippen LogP contribution is 2.31. The molecule has 0 bridgehead atoms. The van der Waals surface area contributed by atoms with E-state index in [1.54, 1.807) is 36.4 Å². The summed E-state index contributed by atoms with van der Waals surface area (Å²) in [5.41, 5.74) is 6.79. The minimum atomic E-state index is -1.01. The Bertz CT molecular complexity index is 1550. The molecule has 14 nitrogen and oxygen atoms in total. The van der Waals surface area contributed by atoms with E-state index >= 15 is 0 Å². The largest absolute Gasteiger partial charge is 0.506 e. The first-order valence-electron chi connectivity index (χ1n) is 18.8. The maximum Gasteiger partial charge on any atom is 0.306 e. The lowest BCUT2D eigenvalue weighted by Crippen LogP contribution is -2.54. The monoisotopic (exact) mass is 774 g/mol. The summed E-state index contributed by atoms with van der Waals surface area (Å²) in [4.78, 5) is 72.9. The van der Waals surface area contributed by atoms with Crippen LogP contribution in [0.25, 0.3) is 0 Å². The van der Waals surface area contributed by atoms with Crippen molar-refractivity contribution in [1.29, 1.82) is 0 Å². The number of aromatic hydroxyl groups is 1. The molecule has 0 spiro atoms. The molecule has 0 aliphatic carbocycles. The van der Waals surface area contributed by atoms with Crippen LogP contribution >= 0.6 is 11.3 Å². The van der Waals surface area contributed by atoms with Gasteiger partial charge in [0.2, 0.25) is 11.8 Å². The van der Waals surface area contributed by atoms with Gasteiger partial charge in [-0.25, -0.2) is 4.98 Å². The van der Waals surface area contributed by atoms with Crippen LogP contribution in [0.5, 0.6) is 5.75 Å². The summed E-state index contributed by atoms with van der Waals surface area (Å²) in [6.07, 6.45) is 3.36. The van der Waals surface area contributed by atoms with Gasteiger partial charge in [-0.2, -0.15) is 0 Å². The standard InChI is InChI=1S/C39H62N6O8S/c1-10-24(4)35(43-34(48)14-12-11-13-17-44(7)8)38(50)45(9)31(23(2)3)21-33(53-26(6)46)37-42-30(22-54-37)36(49)41-28(18-25(5)39(51)52)19-27-15-16-32(47)29(40)20-27/h15-16,20,22-25,28,31,33,35,47H,10-14,17-19,21,40H2,1-9H3,(H,41,49)(H,43,48)(H,51,52)/t24-,25?,28+,31+,33+,35-/m0/s1. The quantitative estimate of drug-likeness (QED) is 0.0439. The van der Waals surface area contributed by atoms with Crippen LogP contribution in [-0.2, 0) is 30.3 Å². The third-order valence-electron chi connectivity index (χ3n) is 9.68. The third-order valence-corrected chi connectivity index (χ3v) is 10.6. The molecule has 0 fully saturated rings. The van der Waals surface area contributed by atoms with Crippen LogP contribution in [0.2, 0.25) is 0 Å². The Balaban J connectivity index is 2.27. The lowest BCUT2D eigenvalue weighted by molar-refractivity contribution is -0.149. The predicted octanol–water partition coefficient (Wildman–Crippen LogP) is 5.01. The van der Waals surface area contributed by atoms with E-state index in [0.29, 0.717) is 23.4 Å². The molecule has 54 heavy (non-hydrogen) atoms. The minimum absolute atomic E-state index is 0.0668. The van der Waals surface area contributed by atoms with E-state index in [9.17, 15) is 34.2 Å². The summed E-state index contributed by atoms with van der Waals surface area (Å²) in [6, 6.07) is 2.92. The zero-order valence-electron chi connectivity index (χ0n) is 33.4. The highest BCUT2D eigenvalue weighted by Gasteiger charge is 2.35. The third kappa shape index (κ3) is 14.9. The molecule has 1 aromatic heterocycles. The van der Waals surface area contributed by atoms with Crippen LogP contribution in [0.15, 0.2) is 23.6 Å². The minimum Gasteiger partial charge on any atom is -0.506 e. The number of aromatic nitrogens is 1. The zero-order chi connectivity index (χ0) is 40.7. The Morgan fingerprint density at radius 1 is 1.00 bits per heavy atom. The van der Waals surface area contributed by atoms with Crippen molar-refractivity contribution in [2.75, 3.05) is 33.4 Å². The molecule has 0 saturated carbocycles. The Kier molecular flexibility index (Phi) is 18.9. The normalized spacial score (nSPS) is 14.8. The van der Waals surface area contributed by atoms with Crippen molar-refractivity contribution < 1.29 is 38.9 Å². The molecule has 1 unspecified atom stereocenters. The van der Waals surface area contributed by atoms with Gasteiger partial charge in [0.05, 0.1) is 11.6 Å².